The molecular weight excluding hydrogens is 543 g/mol. The molecule has 0 unspecified atom stereocenters. The van der Waals surface area contributed by atoms with Crippen LogP contribution in [0.25, 0.3) is 11.4 Å². The molecule has 2 aromatic carbocycles. The fraction of sp³-hybridized carbons (Fsp3) is 0.452. The van der Waals surface area contributed by atoms with E-state index in [0.29, 0.717) is 23.7 Å². The summed E-state index contributed by atoms with van der Waals surface area (Å²) >= 11 is 0. The highest BCUT2D eigenvalue weighted by Crippen LogP contribution is 2.35. The van der Waals surface area contributed by atoms with Gasteiger partial charge in [0.25, 0.3) is 6.33 Å². The van der Waals surface area contributed by atoms with Gasteiger partial charge in [0.15, 0.2) is 12.3 Å². The lowest BCUT2D eigenvalue weighted by Crippen LogP contribution is -3.00. The fourth-order valence-electron chi connectivity index (χ4n) is 4.78. The molecular formula is C31H41IN2O. The van der Waals surface area contributed by atoms with Crippen molar-refractivity contribution in [1.82, 2.24) is 4.57 Å². The van der Waals surface area contributed by atoms with Crippen LogP contribution in [0, 0.1) is 19.3 Å². The molecule has 4 heteroatoms. The third-order valence-electron chi connectivity index (χ3n) is 6.58. The zero-order valence-electron chi connectivity index (χ0n) is 22.8. The van der Waals surface area contributed by atoms with Crippen molar-refractivity contribution in [3.8, 4) is 29.6 Å². The molecule has 0 aliphatic rings. The second kappa shape index (κ2) is 12.1. The van der Waals surface area contributed by atoms with Crippen molar-refractivity contribution in [2.24, 2.45) is 0 Å². The lowest BCUT2D eigenvalue weighted by Gasteiger charge is -2.17. The molecule has 1 aromatic heterocycles. The second-order valence-electron chi connectivity index (χ2n) is 10.4. The zero-order valence-corrected chi connectivity index (χ0v) is 25.0. The average Bonchev–Trinajstić information content (AvgIpc) is 3.11. The maximum Gasteiger partial charge on any atom is 0.334 e. The molecule has 0 bridgehead atoms. The van der Waals surface area contributed by atoms with E-state index < -0.39 is 0 Å². The fourth-order valence-corrected chi connectivity index (χ4v) is 4.78. The van der Waals surface area contributed by atoms with Crippen molar-refractivity contribution in [2.75, 3.05) is 6.61 Å². The summed E-state index contributed by atoms with van der Waals surface area (Å²) in [6, 6.07) is 13.3. The van der Waals surface area contributed by atoms with Gasteiger partial charge in [0.1, 0.15) is 11.4 Å². The molecule has 0 atom stereocenters. The normalized spacial score (nSPS) is 11.3. The van der Waals surface area contributed by atoms with E-state index in [1.807, 2.05) is 0 Å². The first-order valence-corrected chi connectivity index (χ1v) is 12.6. The molecule has 0 fully saturated rings. The Morgan fingerprint density at radius 3 is 1.63 bits per heavy atom. The smallest absolute Gasteiger partial charge is 0.334 e. The van der Waals surface area contributed by atoms with E-state index in [-0.39, 0.29) is 30.6 Å². The average molecular weight is 585 g/mol. The first-order chi connectivity index (χ1) is 16.1. The van der Waals surface area contributed by atoms with Gasteiger partial charge in [-0.25, -0.2) is 0 Å². The van der Waals surface area contributed by atoms with E-state index in [2.05, 4.69) is 120 Å². The predicted molar refractivity (Wildman–Crippen MR) is 143 cm³/mol. The SMILES string of the molecule is C#CCOc1c(C)n(-c2c(C(C)C)cccc2C(C)C)c[n+]1-c1c(C(C)C)cccc1C(C)C.[I-]. The largest absolute Gasteiger partial charge is 1.00 e. The summed E-state index contributed by atoms with van der Waals surface area (Å²) in [4.78, 5) is 0. The van der Waals surface area contributed by atoms with Gasteiger partial charge in [-0.05, 0) is 23.7 Å². The first-order valence-electron chi connectivity index (χ1n) is 12.6. The van der Waals surface area contributed by atoms with Crippen LogP contribution >= 0.6 is 0 Å². The number of rotatable bonds is 8. The second-order valence-corrected chi connectivity index (χ2v) is 10.4. The number of hydrogen-bond donors (Lipinski definition) is 0. The Morgan fingerprint density at radius 2 is 1.23 bits per heavy atom. The van der Waals surface area contributed by atoms with Crippen LogP contribution in [-0.2, 0) is 0 Å². The van der Waals surface area contributed by atoms with Crippen LogP contribution in [-0.4, -0.2) is 11.2 Å². The Bertz CT molecular complexity index is 1140. The molecule has 0 N–H and O–H groups in total. The number of terminal acetylenes is 1. The summed E-state index contributed by atoms with van der Waals surface area (Å²) in [7, 11) is 0. The molecule has 0 saturated carbocycles. The molecule has 0 radical (unpaired) electrons. The van der Waals surface area contributed by atoms with Crippen LogP contribution in [0.2, 0.25) is 0 Å². The van der Waals surface area contributed by atoms with Gasteiger partial charge < -0.3 is 28.7 Å². The maximum atomic E-state index is 6.25. The van der Waals surface area contributed by atoms with Crippen molar-refractivity contribution in [2.45, 2.75) is 86.0 Å². The van der Waals surface area contributed by atoms with Crippen LogP contribution in [0.1, 0.15) is 107 Å². The minimum absolute atomic E-state index is 0. The predicted octanol–water partition coefficient (Wildman–Crippen LogP) is 4.57. The van der Waals surface area contributed by atoms with Gasteiger partial charge in [0.05, 0.1) is 0 Å². The number of imidazole rings is 1. The molecule has 3 nitrogen and oxygen atoms in total. The molecule has 1 heterocycles. The van der Waals surface area contributed by atoms with Gasteiger partial charge in [0.2, 0.25) is 0 Å². The number of hydrogen-bond acceptors (Lipinski definition) is 1. The zero-order chi connectivity index (χ0) is 25.2. The third-order valence-corrected chi connectivity index (χ3v) is 6.58. The number of ether oxygens (including phenoxy) is 1. The molecule has 0 amide bonds. The number of benzene rings is 2. The molecule has 0 aliphatic carbocycles. The van der Waals surface area contributed by atoms with Crippen LogP contribution in [0.3, 0.4) is 0 Å². The molecule has 3 rings (SSSR count). The van der Waals surface area contributed by atoms with E-state index in [0.717, 1.165) is 11.6 Å². The Labute approximate surface area is 229 Å². The number of nitrogens with zero attached hydrogens (tertiary/aromatic N) is 2. The topological polar surface area (TPSA) is 18.0 Å². The van der Waals surface area contributed by atoms with Crippen LogP contribution < -0.4 is 33.3 Å². The van der Waals surface area contributed by atoms with Gasteiger partial charge in [0, 0.05) is 29.2 Å². The van der Waals surface area contributed by atoms with Gasteiger partial charge in [-0.3, -0.25) is 0 Å². The molecule has 0 aliphatic heterocycles. The molecule has 35 heavy (non-hydrogen) atoms. The Balaban J connectivity index is 0.00000432. The number of halogens is 1. The van der Waals surface area contributed by atoms with E-state index in [9.17, 15) is 0 Å². The number of aromatic nitrogens is 2. The molecule has 188 valence electrons. The summed E-state index contributed by atoms with van der Waals surface area (Å²) in [5, 5.41) is 0. The van der Waals surface area contributed by atoms with E-state index >= 15 is 0 Å². The highest BCUT2D eigenvalue weighted by Gasteiger charge is 2.31. The lowest BCUT2D eigenvalue weighted by atomic mass is 9.92. The Morgan fingerprint density at radius 1 is 0.800 bits per heavy atom. The highest BCUT2D eigenvalue weighted by molar-refractivity contribution is 5.53. The lowest BCUT2D eigenvalue weighted by molar-refractivity contribution is -0.603. The maximum absolute atomic E-state index is 6.25. The summed E-state index contributed by atoms with van der Waals surface area (Å²) in [6.07, 6.45) is 7.84. The Kier molecular flexibility index (Phi) is 10.0. The highest BCUT2D eigenvalue weighted by atomic mass is 127. The molecule has 0 spiro atoms. The summed E-state index contributed by atoms with van der Waals surface area (Å²) in [6.45, 7) is 20.4. The third kappa shape index (κ3) is 5.77. The van der Waals surface area contributed by atoms with Crippen LogP contribution in [0.4, 0.5) is 0 Å². The number of para-hydroxylation sites is 2. The van der Waals surface area contributed by atoms with Crippen LogP contribution in [0.15, 0.2) is 42.7 Å². The van der Waals surface area contributed by atoms with Gasteiger partial charge in [-0.1, -0.05) is 97.7 Å². The van der Waals surface area contributed by atoms with Crippen molar-refractivity contribution < 1.29 is 33.3 Å². The van der Waals surface area contributed by atoms with E-state index in [1.165, 1.54) is 33.6 Å². The summed E-state index contributed by atoms with van der Waals surface area (Å²) < 4.78 is 10.8. The van der Waals surface area contributed by atoms with E-state index in [1.54, 1.807) is 0 Å². The Hall–Kier alpha value is -2.26. The molecule has 0 saturated heterocycles. The summed E-state index contributed by atoms with van der Waals surface area (Å²) in [5.41, 5.74) is 8.79. The van der Waals surface area contributed by atoms with Crippen molar-refractivity contribution in [1.29, 1.82) is 0 Å². The quantitative estimate of drug-likeness (QED) is 0.216. The summed E-state index contributed by atoms with van der Waals surface area (Å²) in [5.74, 6) is 5.01. The van der Waals surface area contributed by atoms with E-state index in [4.69, 9.17) is 11.2 Å². The van der Waals surface area contributed by atoms with Gasteiger partial charge in [-0.2, -0.15) is 9.13 Å². The van der Waals surface area contributed by atoms with Crippen LogP contribution in [0.5, 0.6) is 5.88 Å². The van der Waals surface area contributed by atoms with Gasteiger partial charge in [-0.15, -0.1) is 6.42 Å². The van der Waals surface area contributed by atoms with Gasteiger partial charge >= 0.3 is 5.88 Å². The first kappa shape index (κ1) is 29.0. The minimum atomic E-state index is 0. The minimum Gasteiger partial charge on any atom is -1.00 e. The van der Waals surface area contributed by atoms with Crippen molar-refractivity contribution in [3.63, 3.8) is 0 Å². The van der Waals surface area contributed by atoms with Crippen molar-refractivity contribution in [3.05, 3.63) is 70.7 Å². The van der Waals surface area contributed by atoms with Crippen molar-refractivity contribution >= 4 is 0 Å². The monoisotopic (exact) mass is 584 g/mol. The standard InChI is InChI=1S/C31H41N2O.HI/c1-11-18-34-31-24(10)32(29-25(20(2)3)14-12-15-26(29)21(4)5)19-33(31)30-27(22(6)7)16-13-17-28(30)23(8)9;/h1,12-17,19-23H,18H2,2-10H3;1H/q+1;/p-1. The molecule has 3 aromatic rings.